The van der Waals surface area contributed by atoms with Gasteiger partial charge >= 0.3 is 12.2 Å². The number of nitrogens with one attached hydrogen (secondary N) is 1. The predicted octanol–water partition coefficient (Wildman–Crippen LogP) is 3.78. The number of aromatic nitrogens is 1. The van der Waals surface area contributed by atoms with Gasteiger partial charge in [-0.1, -0.05) is 12.1 Å². The fraction of sp³-hybridized carbons (Fsp3) is 0.500. The number of carbonyl (C=O) groups excluding carboxylic acids is 1. The molecule has 2 fully saturated rings. The Labute approximate surface area is 197 Å². The molecule has 0 bridgehead atoms. The Morgan fingerprint density at radius 1 is 1.03 bits per heavy atom. The largest absolute Gasteiger partial charge is 0.497 e. The van der Waals surface area contributed by atoms with Crippen molar-refractivity contribution in [1.82, 2.24) is 20.1 Å². The number of rotatable bonds is 6. The average molecular weight is 478 g/mol. The Balaban J connectivity index is 1.31. The number of urea groups is 1. The van der Waals surface area contributed by atoms with Crippen molar-refractivity contribution in [2.75, 3.05) is 57.8 Å². The number of ether oxygens (including phenoxy) is 1. The summed E-state index contributed by atoms with van der Waals surface area (Å²) in [6.07, 6.45) is -1.24. The molecule has 1 aromatic carbocycles. The minimum atomic E-state index is -4.40. The van der Waals surface area contributed by atoms with Crippen molar-refractivity contribution in [3.8, 4) is 5.75 Å². The summed E-state index contributed by atoms with van der Waals surface area (Å²) in [5, 5.41) is 3.09. The second-order valence-electron chi connectivity index (χ2n) is 8.60. The predicted molar refractivity (Wildman–Crippen MR) is 123 cm³/mol. The highest BCUT2D eigenvalue weighted by molar-refractivity contribution is 5.74. The third-order valence-electron chi connectivity index (χ3n) is 6.49. The molecular weight excluding hydrogens is 447 g/mol. The van der Waals surface area contributed by atoms with E-state index in [-0.39, 0.29) is 12.1 Å². The van der Waals surface area contributed by atoms with Crippen LogP contribution in [0, 0.1) is 0 Å². The van der Waals surface area contributed by atoms with Gasteiger partial charge in [-0.3, -0.25) is 4.90 Å². The molecule has 10 heteroatoms. The standard InChI is InChI=1S/C24H30F3N5O2/c1-34-20-7-4-18(5-8-20)21(30-10-2-3-11-30)17-29-23(33)32-14-12-31(13-15-32)22-9-6-19(16-28-22)24(25,26)27/h4-9,16,21H,2-3,10-15,17H2,1H3,(H,29,33)/t21-/m1/s1. The summed E-state index contributed by atoms with van der Waals surface area (Å²) >= 11 is 0. The van der Waals surface area contributed by atoms with Crippen molar-refractivity contribution >= 4 is 11.8 Å². The van der Waals surface area contributed by atoms with Crippen LogP contribution in [0.3, 0.4) is 0 Å². The number of anilines is 1. The highest BCUT2D eigenvalue weighted by atomic mass is 19.4. The number of piperazine rings is 1. The van der Waals surface area contributed by atoms with Crippen LogP contribution in [0.1, 0.15) is 30.0 Å². The number of carbonyl (C=O) groups is 1. The summed E-state index contributed by atoms with van der Waals surface area (Å²) in [5.41, 5.74) is 0.375. The molecule has 0 spiro atoms. The van der Waals surface area contributed by atoms with E-state index in [1.54, 1.807) is 12.0 Å². The van der Waals surface area contributed by atoms with Gasteiger partial charge in [-0.25, -0.2) is 9.78 Å². The smallest absolute Gasteiger partial charge is 0.417 e. The highest BCUT2D eigenvalue weighted by Gasteiger charge is 2.31. The molecule has 2 aliphatic rings. The number of hydrogen-bond donors (Lipinski definition) is 1. The molecule has 2 aromatic rings. The summed E-state index contributed by atoms with van der Waals surface area (Å²) in [5.74, 6) is 1.29. The number of alkyl halides is 3. The summed E-state index contributed by atoms with van der Waals surface area (Å²) in [4.78, 5) is 22.9. The lowest BCUT2D eigenvalue weighted by Gasteiger charge is -2.36. The van der Waals surface area contributed by atoms with Crippen molar-refractivity contribution in [3.63, 3.8) is 0 Å². The van der Waals surface area contributed by atoms with Gasteiger partial charge in [0.2, 0.25) is 0 Å². The van der Waals surface area contributed by atoms with E-state index in [1.807, 2.05) is 29.2 Å². The first kappa shape index (κ1) is 24.1. The molecule has 184 valence electrons. The van der Waals surface area contributed by atoms with Gasteiger partial charge in [0.1, 0.15) is 11.6 Å². The molecule has 7 nitrogen and oxygen atoms in total. The minimum Gasteiger partial charge on any atom is -0.497 e. The van der Waals surface area contributed by atoms with Gasteiger partial charge in [0.15, 0.2) is 0 Å². The zero-order chi connectivity index (χ0) is 24.1. The van der Waals surface area contributed by atoms with Crippen LogP contribution in [0.25, 0.3) is 0 Å². The molecule has 3 heterocycles. The van der Waals surface area contributed by atoms with Gasteiger partial charge in [-0.05, 0) is 55.8 Å². The third-order valence-corrected chi connectivity index (χ3v) is 6.49. The lowest BCUT2D eigenvalue weighted by atomic mass is 10.1. The van der Waals surface area contributed by atoms with Crippen molar-refractivity contribution in [2.24, 2.45) is 0 Å². The monoisotopic (exact) mass is 477 g/mol. The Bertz CT molecular complexity index is 939. The van der Waals surface area contributed by atoms with Crippen LogP contribution in [0.5, 0.6) is 5.75 Å². The highest BCUT2D eigenvalue weighted by Crippen LogP contribution is 2.30. The summed E-state index contributed by atoms with van der Waals surface area (Å²) in [7, 11) is 1.64. The maximum absolute atomic E-state index is 12.9. The normalized spacial score (nSPS) is 18.1. The Kier molecular flexibility index (Phi) is 7.45. The number of amides is 2. The third kappa shape index (κ3) is 5.72. The molecule has 4 rings (SSSR count). The van der Waals surface area contributed by atoms with Crippen molar-refractivity contribution < 1.29 is 22.7 Å². The van der Waals surface area contributed by atoms with Crippen LogP contribution in [0.4, 0.5) is 23.8 Å². The number of nitrogens with zero attached hydrogens (tertiary/aromatic N) is 4. The average Bonchev–Trinajstić information content (AvgIpc) is 3.39. The molecule has 1 N–H and O–H groups in total. The van der Waals surface area contributed by atoms with Crippen LogP contribution in [-0.4, -0.2) is 73.7 Å². The quantitative estimate of drug-likeness (QED) is 0.686. The number of pyridine rings is 1. The summed E-state index contributed by atoms with van der Waals surface area (Å²) in [6, 6.07) is 10.4. The van der Waals surface area contributed by atoms with Gasteiger partial charge in [0.05, 0.1) is 18.7 Å². The van der Waals surface area contributed by atoms with Crippen molar-refractivity contribution in [3.05, 3.63) is 53.7 Å². The fourth-order valence-electron chi connectivity index (χ4n) is 4.51. The molecule has 1 aromatic heterocycles. The van der Waals surface area contributed by atoms with Gasteiger partial charge in [-0.2, -0.15) is 13.2 Å². The maximum atomic E-state index is 12.9. The van der Waals surface area contributed by atoms with Crippen LogP contribution in [0.15, 0.2) is 42.6 Å². The zero-order valence-electron chi connectivity index (χ0n) is 19.2. The minimum absolute atomic E-state index is 0.0926. The Hall–Kier alpha value is -3.01. The van der Waals surface area contributed by atoms with Crippen molar-refractivity contribution in [1.29, 1.82) is 0 Å². The number of likely N-dealkylation sites (tertiary alicyclic amines) is 1. The molecule has 2 aliphatic heterocycles. The van der Waals surface area contributed by atoms with E-state index in [9.17, 15) is 18.0 Å². The molecule has 0 saturated carbocycles. The van der Waals surface area contributed by atoms with Gasteiger partial charge in [0, 0.05) is 38.9 Å². The van der Waals surface area contributed by atoms with Crippen LogP contribution >= 0.6 is 0 Å². The molecule has 1 atom stereocenters. The molecule has 2 saturated heterocycles. The van der Waals surface area contributed by atoms with Crippen LogP contribution < -0.4 is 15.0 Å². The molecule has 0 unspecified atom stereocenters. The van der Waals surface area contributed by atoms with E-state index in [1.165, 1.54) is 6.07 Å². The van der Waals surface area contributed by atoms with E-state index in [0.29, 0.717) is 38.5 Å². The van der Waals surface area contributed by atoms with E-state index in [0.717, 1.165) is 49.5 Å². The molecule has 0 radical (unpaired) electrons. The first-order valence-corrected chi connectivity index (χ1v) is 11.5. The van der Waals surface area contributed by atoms with Crippen molar-refractivity contribution in [2.45, 2.75) is 25.1 Å². The molecular formula is C24H30F3N5O2. The summed E-state index contributed by atoms with van der Waals surface area (Å²) < 4.78 is 43.5. The van der Waals surface area contributed by atoms with Gasteiger partial charge in [0.25, 0.3) is 0 Å². The molecule has 2 amide bonds. The van der Waals surface area contributed by atoms with E-state index in [2.05, 4.69) is 15.2 Å². The van der Waals surface area contributed by atoms with Crippen LogP contribution in [-0.2, 0) is 6.18 Å². The Morgan fingerprint density at radius 2 is 1.71 bits per heavy atom. The second-order valence-corrected chi connectivity index (χ2v) is 8.60. The first-order chi connectivity index (χ1) is 16.3. The number of methoxy groups -OCH3 is 1. The van der Waals surface area contributed by atoms with E-state index < -0.39 is 11.7 Å². The van der Waals surface area contributed by atoms with E-state index in [4.69, 9.17) is 4.74 Å². The molecule has 0 aliphatic carbocycles. The lowest BCUT2D eigenvalue weighted by Crippen LogP contribution is -2.53. The maximum Gasteiger partial charge on any atom is 0.417 e. The fourth-order valence-corrected chi connectivity index (χ4v) is 4.51. The SMILES string of the molecule is COc1ccc([C@@H](CNC(=O)N2CCN(c3ccc(C(F)(F)F)cn3)CC2)N2CCCC2)cc1. The zero-order valence-corrected chi connectivity index (χ0v) is 19.2. The number of benzene rings is 1. The number of hydrogen-bond acceptors (Lipinski definition) is 5. The first-order valence-electron chi connectivity index (χ1n) is 11.5. The van der Waals surface area contributed by atoms with Crippen LogP contribution in [0.2, 0.25) is 0 Å². The number of halogens is 3. The van der Waals surface area contributed by atoms with Gasteiger partial charge < -0.3 is 19.9 Å². The molecule has 34 heavy (non-hydrogen) atoms. The van der Waals surface area contributed by atoms with Gasteiger partial charge in [-0.15, -0.1) is 0 Å². The summed E-state index contributed by atoms with van der Waals surface area (Å²) in [6.45, 7) is 4.50. The second kappa shape index (κ2) is 10.5. The topological polar surface area (TPSA) is 60.9 Å². The van der Waals surface area contributed by atoms with E-state index >= 15 is 0 Å². The lowest BCUT2D eigenvalue weighted by molar-refractivity contribution is -0.137. The Morgan fingerprint density at radius 3 is 2.26 bits per heavy atom.